The second-order valence-corrected chi connectivity index (χ2v) is 9.39. The van der Waals surface area contributed by atoms with Gasteiger partial charge in [-0.05, 0) is 53.5 Å². The third-order valence-electron chi connectivity index (χ3n) is 4.78. The molecule has 1 N–H and O–H groups in total. The molecule has 8 nitrogen and oxygen atoms in total. The lowest BCUT2D eigenvalue weighted by Gasteiger charge is -2.30. The number of halogens is 1. The van der Waals surface area contributed by atoms with Crippen LogP contribution in [0.1, 0.15) is 12.8 Å². The van der Waals surface area contributed by atoms with Crippen LogP contribution in [0.4, 0.5) is 5.69 Å². The van der Waals surface area contributed by atoms with Gasteiger partial charge in [-0.25, -0.2) is 13.0 Å². The molecule has 3 aromatic rings. The van der Waals surface area contributed by atoms with E-state index >= 15 is 0 Å². The average Bonchev–Trinajstić information content (AvgIpc) is 3.17. The fraction of sp³-hybridized carbons (Fsp3) is 0.278. The summed E-state index contributed by atoms with van der Waals surface area (Å²) in [6, 6.07) is 12.1. The molecule has 0 bridgehead atoms. The van der Waals surface area contributed by atoms with Gasteiger partial charge < -0.3 is 5.32 Å². The molecule has 28 heavy (non-hydrogen) atoms. The Hall–Kier alpha value is -2.30. The molecule has 2 heterocycles. The number of amides is 1. The second kappa shape index (κ2) is 7.61. The molecule has 2 aromatic carbocycles. The fourth-order valence-corrected chi connectivity index (χ4v) is 5.30. The van der Waals surface area contributed by atoms with E-state index in [1.165, 1.54) is 10.4 Å². The van der Waals surface area contributed by atoms with Crippen LogP contribution >= 0.6 is 15.9 Å². The number of hydrogen-bond donors (Lipinski definition) is 1. The summed E-state index contributed by atoms with van der Waals surface area (Å²) >= 11 is 3.37. The molecule has 4 rings (SSSR count). The Labute approximate surface area is 170 Å². The maximum absolute atomic E-state index is 13.0. The summed E-state index contributed by atoms with van der Waals surface area (Å²) in [6.07, 6.45) is 0.901. The molecule has 1 aliphatic rings. The topological polar surface area (TPSA) is 105 Å². The highest BCUT2D eigenvalue weighted by Gasteiger charge is 2.33. The van der Waals surface area contributed by atoms with Crippen molar-refractivity contribution in [2.24, 2.45) is 5.92 Å². The smallest absolute Gasteiger partial charge is 0.245 e. The number of carbonyl (C=O) groups excluding carboxylic acids is 1. The van der Waals surface area contributed by atoms with Crippen LogP contribution in [-0.2, 0) is 14.8 Å². The maximum atomic E-state index is 13.0. The summed E-state index contributed by atoms with van der Waals surface area (Å²) in [7, 11) is -3.74. The van der Waals surface area contributed by atoms with Gasteiger partial charge in [-0.2, -0.15) is 4.31 Å². The minimum Gasteiger partial charge on any atom is -0.326 e. The van der Waals surface area contributed by atoms with E-state index in [9.17, 15) is 13.2 Å². The second-order valence-electron chi connectivity index (χ2n) is 6.57. The minimum atomic E-state index is -3.74. The number of rotatable bonds is 4. The SMILES string of the molecule is O=C(Nc1cccc(Br)c1)C1CCN(S(=O)(=O)c2cccc3nonc23)CC1. The summed E-state index contributed by atoms with van der Waals surface area (Å²) in [5, 5.41) is 10.3. The van der Waals surface area contributed by atoms with Crippen LogP contribution < -0.4 is 5.32 Å². The highest BCUT2D eigenvalue weighted by atomic mass is 79.9. The number of nitrogens with zero attached hydrogens (tertiary/aromatic N) is 3. The standard InChI is InChI=1S/C18H17BrN4O4S/c19-13-3-1-4-14(11-13)20-18(24)12-7-9-23(10-8-12)28(25,26)16-6-2-5-15-17(16)22-27-21-15/h1-6,11-12H,7-10H2,(H,20,24). The Bertz CT molecular complexity index is 1120. The Morgan fingerprint density at radius 3 is 2.64 bits per heavy atom. The van der Waals surface area contributed by atoms with E-state index < -0.39 is 10.0 Å². The van der Waals surface area contributed by atoms with E-state index in [4.69, 9.17) is 0 Å². The third kappa shape index (κ3) is 3.67. The first-order valence-corrected chi connectivity index (χ1v) is 11.0. The average molecular weight is 465 g/mol. The first-order valence-electron chi connectivity index (χ1n) is 8.73. The van der Waals surface area contributed by atoms with Crippen molar-refractivity contribution in [1.29, 1.82) is 0 Å². The van der Waals surface area contributed by atoms with E-state index in [1.54, 1.807) is 12.1 Å². The van der Waals surface area contributed by atoms with Crippen LogP contribution in [-0.4, -0.2) is 42.0 Å². The van der Waals surface area contributed by atoms with Crippen molar-refractivity contribution in [3.05, 3.63) is 46.9 Å². The van der Waals surface area contributed by atoms with Crippen molar-refractivity contribution in [3.63, 3.8) is 0 Å². The number of carbonyl (C=O) groups is 1. The zero-order valence-corrected chi connectivity index (χ0v) is 17.1. The number of nitrogens with one attached hydrogen (secondary N) is 1. The predicted molar refractivity (Wildman–Crippen MR) is 106 cm³/mol. The summed E-state index contributed by atoms with van der Waals surface area (Å²) < 4.78 is 33.0. The Balaban J connectivity index is 1.45. The molecule has 0 radical (unpaired) electrons. The van der Waals surface area contributed by atoms with Gasteiger partial charge in [0.2, 0.25) is 15.9 Å². The van der Waals surface area contributed by atoms with Crippen LogP contribution in [0.3, 0.4) is 0 Å². The number of fused-ring (bicyclic) bond motifs is 1. The molecule has 1 fully saturated rings. The van der Waals surface area contributed by atoms with Gasteiger partial charge in [-0.1, -0.05) is 28.1 Å². The van der Waals surface area contributed by atoms with Crippen LogP contribution in [0.5, 0.6) is 0 Å². The zero-order chi connectivity index (χ0) is 19.7. The van der Waals surface area contributed by atoms with E-state index in [0.29, 0.717) is 24.0 Å². The molecule has 0 spiro atoms. The lowest BCUT2D eigenvalue weighted by Crippen LogP contribution is -2.41. The minimum absolute atomic E-state index is 0.0725. The van der Waals surface area contributed by atoms with Crippen LogP contribution in [0, 0.1) is 5.92 Å². The normalized spacial score (nSPS) is 16.3. The van der Waals surface area contributed by atoms with Gasteiger partial charge >= 0.3 is 0 Å². The number of aromatic nitrogens is 2. The highest BCUT2D eigenvalue weighted by Crippen LogP contribution is 2.28. The Kier molecular flexibility index (Phi) is 5.17. The first-order chi connectivity index (χ1) is 13.4. The van der Waals surface area contributed by atoms with Gasteiger partial charge in [-0.3, -0.25) is 4.79 Å². The number of anilines is 1. The number of piperidine rings is 1. The lowest BCUT2D eigenvalue weighted by atomic mass is 9.97. The highest BCUT2D eigenvalue weighted by molar-refractivity contribution is 9.10. The summed E-state index contributed by atoms with van der Waals surface area (Å²) in [4.78, 5) is 12.6. The van der Waals surface area contributed by atoms with E-state index in [1.807, 2.05) is 24.3 Å². The van der Waals surface area contributed by atoms with Gasteiger partial charge in [0, 0.05) is 29.2 Å². The summed E-state index contributed by atoms with van der Waals surface area (Å²) in [6.45, 7) is 0.529. The van der Waals surface area contributed by atoms with E-state index in [-0.39, 0.29) is 35.3 Å². The van der Waals surface area contributed by atoms with Crippen LogP contribution in [0.15, 0.2) is 56.5 Å². The van der Waals surface area contributed by atoms with Gasteiger partial charge in [0.05, 0.1) is 0 Å². The van der Waals surface area contributed by atoms with Crippen molar-refractivity contribution < 1.29 is 17.8 Å². The predicted octanol–water partition coefficient (Wildman–Crippen LogP) is 3.02. The molecule has 1 saturated heterocycles. The molecule has 1 aromatic heterocycles. The molecule has 1 amide bonds. The van der Waals surface area contributed by atoms with Crippen molar-refractivity contribution in [1.82, 2.24) is 14.6 Å². The first kappa shape index (κ1) is 19.0. The monoisotopic (exact) mass is 464 g/mol. The van der Waals surface area contributed by atoms with E-state index in [2.05, 4.69) is 36.2 Å². The molecule has 0 saturated carbocycles. The largest absolute Gasteiger partial charge is 0.326 e. The van der Waals surface area contributed by atoms with Crippen LogP contribution in [0.2, 0.25) is 0 Å². The quantitative estimate of drug-likeness (QED) is 0.635. The number of hydrogen-bond acceptors (Lipinski definition) is 6. The maximum Gasteiger partial charge on any atom is 0.245 e. The fourth-order valence-electron chi connectivity index (χ4n) is 3.30. The van der Waals surface area contributed by atoms with Crippen molar-refractivity contribution in [2.45, 2.75) is 17.7 Å². The van der Waals surface area contributed by atoms with Crippen molar-refractivity contribution in [3.8, 4) is 0 Å². The summed E-state index contributed by atoms with van der Waals surface area (Å²) in [5.74, 6) is -0.340. The van der Waals surface area contributed by atoms with Gasteiger partial charge in [-0.15, -0.1) is 0 Å². The molecular formula is C18H17BrN4O4S. The third-order valence-corrected chi connectivity index (χ3v) is 7.21. The van der Waals surface area contributed by atoms with Crippen LogP contribution in [0.25, 0.3) is 11.0 Å². The summed E-state index contributed by atoms with van der Waals surface area (Å²) in [5.41, 5.74) is 1.32. The Morgan fingerprint density at radius 1 is 1.14 bits per heavy atom. The molecule has 0 aliphatic carbocycles. The zero-order valence-electron chi connectivity index (χ0n) is 14.7. The number of benzene rings is 2. The Morgan fingerprint density at radius 2 is 1.89 bits per heavy atom. The van der Waals surface area contributed by atoms with Crippen molar-refractivity contribution >= 4 is 48.6 Å². The van der Waals surface area contributed by atoms with Gasteiger partial charge in [0.15, 0.2) is 5.52 Å². The molecule has 146 valence electrons. The van der Waals surface area contributed by atoms with Gasteiger partial charge in [0.25, 0.3) is 0 Å². The molecule has 10 heteroatoms. The lowest BCUT2D eigenvalue weighted by molar-refractivity contribution is -0.120. The molecular weight excluding hydrogens is 448 g/mol. The van der Waals surface area contributed by atoms with Crippen molar-refractivity contribution in [2.75, 3.05) is 18.4 Å². The molecule has 0 unspecified atom stereocenters. The molecule has 0 atom stereocenters. The number of sulfonamides is 1. The van der Waals surface area contributed by atoms with Gasteiger partial charge in [0.1, 0.15) is 10.4 Å². The molecule has 1 aliphatic heterocycles. The van der Waals surface area contributed by atoms with E-state index in [0.717, 1.165) is 4.47 Å².